The zero-order valence-electron chi connectivity index (χ0n) is 19.1. The van der Waals surface area contributed by atoms with Gasteiger partial charge >= 0.3 is 11.6 Å². The molecule has 1 aliphatic rings. The Morgan fingerprint density at radius 3 is 2.49 bits per heavy atom. The van der Waals surface area contributed by atoms with Gasteiger partial charge in [-0.25, -0.2) is 14.6 Å². The van der Waals surface area contributed by atoms with Crippen molar-refractivity contribution >= 4 is 56.0 Å². The lowest BCUT2D eigenvalue weighted by atomic mass is 10.0. The minimum atomic E-state index is -1.00. The number of imide groups is 1. The summed E-state index contributed by atoms with van der Waals surface area (Å²) < 4.78 is 6.48. The van der Waals surface area contributed by atoms with E-state index in [1.54, 1.807) is 18.2 Å². The van der Waals surface area contributed by atoms with Crippen molar-refractivity contribution in [3.05, 3.63) is 58.4 Å². The number of fused-ring (bicyclic) bond motifs is 2. The molecule has 3 heterocycles. The summed E-state index contributed by atoms with van der Waals surface area (Å²) in [6, 6.07) is 12.5. The second-order valence-electron chi connectivity index (χ2n) is 7.94. The molecule has 5 rings (SSSR count). The highest BCUT2D eigenvalue weighted by atomic mass is 32.1. The van der Waals surface area contributed by atoms with Gasteiger partial charge < -0.3 is 14.2 Å². The largest absolute Gasteiger partial charge is 0.422 e. The van der Waals surface area contributed by atoms with Gasteiger partial charge in [-0.3, -0.25) is 9.59 Å². The first-order chi connectivity index (χ1) is 16.9. The van der Waals surface area contributed by atoms with E-state index in [2.05, 4.69) is 9.88 Å². The fourth-order valence-corrected chi connectivity index (χ4v) is 5.15. The lowest BCUT2D eigenvalue weighted by Gasteiger charge is -2.21. The van der Waals surface area contributed by atoms with Gasteiger partial charge in [-0.1, -0.05) is 12.1 Å². The van der Waals surface area contributed by atoms with E-state index in [0.29, 0.717) is 16.0 Å². The summed E-state index contributed by atoms with van der Waals surface area (Å²) in [6.07, 6.45) is -0.0799. The average molecular weight is 492 g/mol. The Balaban J connectivity index is 1.73. The number of anilines is 1. The van der Waals surface area contributed by atoms with Crippen LogP contribution in [-0.2, 0) is 14.4 Å². The number of para-hydroxylation sites is 1. The van der Waals surface area contributed by atoms with Crippen LogP contribution in [0.2, 0.25) is 0 Å². The van der Waals surface area contributed by atoms with E-state index in [-0.39, 0.29) is 34.6 Å². The molecule has 35 heavy (non-hydrogen) atoms. The zero-order valence-corrected chi connectivity index (χ0v) is 19.9. The van der Waals surface area contributed by atoms with Crippen LogP contribution in [0.1, 0.15) is 37.0 Å². The minimum absolute atomic E-state index is 0.0399. The summed E-state index contributed by atoms with van der Waals surface area (Å²) in [6.45, 7) is 5.49. The molecule has 0 aliphatic carbocycles. The SMILES string of the molecule is CCN(CC)c1ccc2c(C(=O)ON3C(=O)CCC3=O)c(-c3nc4ccccc4s3)c(=O)oc2c1. The van der Waals surface area contributed by atoms with Crippen LogP contribution in [0.25, 0.3) is 31.8 Å². The molecule has 2 amide bonds. The lowest BCUT2D eigenvalue weighted by molar-refractivity contribution is -0.172. The van der Waals surface area contributed by atoms with Crippen LogP contribution in [0, 0.1) is 0 Å². The number of hydroxylamine groups is 2. The standard InChI is InChI=1S/C25H21N3O6S/c1-3-27(4-2)14-9-10-15-17(13-14)33-24(31)22(23-26-16-7-5-6-8-18(16)35-23)21(15)25(32)34-28-19(29)11-12-20(28)30/h5-10,13H,3-4,11-12H2,1-2H3. The van der Waals surface area contributed by atoms with Crippen molar-refractivity contribution in [2.24, 2.45) is 0 Å². The molecule has 0 atom stereocenters. The quantitative estimate of drug-likeness (QED) is 0.292. The summed E-state index contributed by atoms with van der Waals surface area (Å²) in [7, 11) is 0. The van der Waals surface area contributed by atoms with E-state index < -0.39 is 23.4 Å². The predicted octanol–water partition coefficient (Wildman–Crippen LogP) is 4.14. The number of carbonyl (C=O) groups excluding carboxylic acids is 3. The van der Waals surface area contributed by atoms with Crippen molar-refractivity contribution < 1.29 is 23.6 Å². The van der Waals surface area contributed by atoms with Gasteiger partial charge in [0.1, 0.15) is 16.2 Å². The van der Waals surface area contributed by atoms with E-state index in [9.17, 15) is 19.2 Å². The van der Waals surface area contributed by atoms with Crippen LogP contribution in [0.4, 0.5) is 5.69 Å². The molecule has 2 aromatic heterocycles. The molecule has 2 aromatic carbocycles. The number of hydrogen-bond acceptors (Lipinski definition) is 9. The van der Waals surface area contributed by atoms with Gasteiger partial charge in [0.05, 0.1) is 15.8 Å². The molecule has 0 radical (unpaired) electrons. The second kappa shape index (κ2) is 8.95. The maximum absolute atomic E-state index is 13.4. The molecule has 0 saturated carbocycles. The van der Waals surface area contributed by atoms with Crippen LogP contribution in [-0.4, -0.2) is 40.9 Å². The van der Waals surface area contributed by atoms with Crippen LogP contribution in [0.15, 0.2) is 51.7 Å². The van der Waals surface area contributed by atoms with Gasteiger partial charge in [0.25, 0.3) is 11.8 Å². The van der Waals surface area contributed by atoms with Gasteiger partial charge in [0.2, 0.25) is 0 Å². The third kappa shape index (κ3) is 3.95. The number of carbonyl (C=O) groups is 3. The predicted molar refractivity (Wildman–Crippen MR) is 131 cm³/mol. The Morgan fingerprint density at radius 2 is 1.80 bits per heavy atom. The summed E-state index contributed by atoms with van der Waals surface area (Å²) in [5.74, 6) is -2.22. The Hall–Kier alpha value is -4.05. The summed E-state index contributed by atoms with van der Waals surface area (Å²) in [5.41, 5.74) is 0.734. The molecular formula is C25H21N3O6S. The Kier molecular flexibility index (Phi) is 5.81. The van der Waals surface area contributed by atoms with Crippen LogP contribution >= 0.6 is 11.3 Å². The zero-order chi connectivity index (χ0) is 24.7. The van der Waals surface area contributed by atoms with E-state index in [1.807, 2.05) is 38.1 Å². The van der Waals surface area contributed by atoms with Crippen molar-refractivity contribution in [2.45, 2.75) is 26.7 Å². The third-order valence-electron chi connectivity index (χ3n) is 5.91. The average Bonchev–Trinajstić information content (AvgIpc) is 3.42. The number of amides is 2. The van der Waals surface area contributed by atoms with E-state index in [1.165, 1.54) is 11.3 Å². The maximum Gasteiger partial charge on any atom is 0.365 e. The Morgan fingerprint density at radius 1 is 1.09 bits per heavy atom. The number of aromatic nitrogens is 1. The molecule has 10 heteroatoms. The van der Waals surface area contributed by atoms with Crippen LogP contribution < -0.4 is 10.5 Å². The van der Waals surface area contributed by atoms with E-state index in [4.69, 9.17) is 9.25 Å². The molecule has 0 unspecified atom stereocenters. The van der Waals surface area contributed by atoms with E-state index >= 15 is 0 Å². The first kappa shape index (κ1) is 22.7. The molecule has 178 valence electrons. The first-order valence-electron chi connectivity index (χ1n) is 11.2. The number of thiazole rings is 1. The fourth-order valence-electron chi connectivity index (χ4n) is 4.15. The van der Waals surface area contributed by atoms with Gasteiger partial charge in [0.15, 0.2) is 0 Å². The molecule has 0 N–H and O–H groups in total. The number of benzene rings is 2. The normalized spacial score (nSPS) is 13.7. The van der Waals surface area contributed by atoms with Crippen molar-refractivity contribution in [3.63, 3.8) is 0 Å². The molecule has 1 saturated heterocycles. The molecular weight excluding hydrogens is 470 g/mol. The highest BCUT2D eigenvalue weighted by molar-refractivity contribution is 7.21. The van der Waals surface area contributed by atoms with Crippen LogP contribution in [0.3, 0.4) is 0 Å². The highest BCUT2D eigenvalue weighted by Crippen LogP contribution is 2.35. The summed E-state index contributed by atoms with van der Waals surface area (Å²) in [4.78, 5) is 62.6. The highest BCUT2D eigenvalue weighted by Gasteiger charge is 2.35. The minimum Gasteiger partial charge on any atom is -0.422 e. The Bertz CT molecular complexity index is 1500. The smallest absolute Gasteiger partial charge is 0.365 e. The van der Waals surface area contributed by atoms with Crippen molar-refractivity contribution in [1.29, 1.82) is 0 Å². The molecule has 4 aromatic rings. The van der Waals surface area contributed by atoms with Gasteiger partial charge in [-0.2, -0.15) is 0 Å². The molecule has 1 fully saturated rings. The third-order valence-corrected chi connectivity index (χ3v) is 6.97. The Labute approximate surface area is 203 Å². The lowest BCUT2D eigenvalue weighted by Crippen LogP contribution is -2.32. The number of nitrogens with zero attached hydrogens (tertiary/aromatic N) is 3. The van der Waals surface area contributed by atoms with E-state index in [0.717, 1.165) is 23.5 Å². The van der Waals surface area contributed by atoms with Gasteiger partial charge in [0, 0.05) is 43.1 Å². The van der Waals surface area contributed by atoms with Gasteiger partial charge in [-0.15, -0.1) is 16.4 Å². The molecule has 1 aliphatic heterocycles. The second-order valence-corrected chi connectivity index (χ2v) is 8.97. The van der Waals surface area contributed by atoms with Crippen molar-refractivity contribution in [2.75, 3.05) is 18.0 Å². The molecule has 0 spiro atoms. The number of hydrogen-bond donors (Lipinski definition) is 0. The fraction of sp³-hybridized carbons (Fsp3) is 0.240. The van der Waals surface area contributed by atoms with Crippen molar-refractivity contribution in [3.8, 4) is 10.6 Å². The van der Waals surface area contributed by atoms with Gasteiger partial charge in [-0.05, 0) is 38.1 Å². The number of rotatable bonds is 6. The van der Waals surface area contributed by atoms with Crippen LogP contribution in [0.5, 0.6) is 0 Å². The molecule has 9 nitrogen and oxygen atoms in total. The molecule has 0 bridgehead atoms. The van der Waals surface area contributed by atoms with Crippen molar-refractivity contribution in [1.82, 2.24) is 10.0 Å². The summed E-state index contributed by atoms with van der Waals surface area (Å²) >= 11 is 1.23. The topological polar surface area (TPSA) is 110 Å². The first-order valence-corrected chi connectivity index (χ1v) is 12.0. The monoisotopic (exact) mass is 491 g/mol. The maximum atomic E-state index is 13.4. The summed E-state index contributed by atoms with van der Waals surface area (Å²) in [5, 5.41) is 1.06.